The van der Waals surface area contributed by atoms with Crippen LogP contribution >= 0.6 is 0 Å². The van der Waals surface area contributed by atoms with Crippen molar-refractivity contribution in [1.82, 2.24) is 0 Å². The Bertz CT molecular complexity index is 720. The first-order chi connectivity index (χ1) is 11.5. The topological polar surface area (TPSA) is 72.5 Å². The van der Waals surface area contributed by atoms with Crippen molar-refractivity contribution in [2.45, 2.75) is 26.4 Å². The highest BCUT2D eigenvalue weighted by Gasteiger charge is 2.18. The largest absolute Gasteiger partial charge is 0.481 e. The predicted octanol–water partition coefficient (Wildman–Crippen LogP) is 3.50. The van der Waals surface area contributed by atoms with Gasteiger partial charge in [-0.05, 0) is 61.9 Å². The highest BCUT2D eigenvalue weighted by atomic mass is 16.5. The number of nitrogens with one attached hydrogen (secondary N) is 1. The number of hydrogen-bond acceptors (Lipinski definition) is 4. The fourth-order valence-corrected chi connectivity index (χ4v) is 2.12. The molecular formula is C19H19NO4. The first-order valence-electron chi connectivity index (χ1n) is 7.67. The summed E-state index contributed by atoms with van der Waals surface area (Å²) in [6, 6.07) is 13.3. The minimum Gasteiger partial charge on any atom is -0.481 e. The number of carbonyl (C=O) groups is 3. The number of ether oxygens (including phenoxy) is 1. The molecule has 2 rings (SSSR count). The molecule has 0 fully saturated rings. The van der Waals surface area contributed by atoms with Crippen molar-refractivity contribution in [3.8, 4) is 5.75 Å². The number of carbonyl (C=O) groups excluding carboxylic acids is 3. The molecule has 0 radical (unpaired) electrons. The van der Waals surface area contributed by atoms with E-state index in [-0.39, 0.29) is 11.7 Å². The first kappa shape index (κ1) is 17.4. The van der Waals surface area contributed by atoms with E-state index >= 15 is 0 Å². The van der Waals surface area contributed by atoms with Crippen LogP contribution in [0.2, 0.25) is 0 Å². The minimum atomic E-state index is -0.653. The Balaban J connectivity index is 2.02. The van der Waals surface area contributed by atoms with E-state index in [1.54, 1.807) is 48.5 Å². The van der Waals surface area contributed by atoms with Gasteiger partial charge in [0.25, 0.3) is 5.91 Å². The molecule has 0 aliphatic rings. The Kier molecular flexibility index (Phi) is 5.84. The summed E-state index contributed by atoms with van der Waals surface area (Å²) in [5.74, 6) is 0.225. The standard InChI is InChI=1S/C19H19NO4/c1-3-18(24-17-10-4-14(12-21)5-11-17)19(23)20-16-8-6-15(7-9-16)13(2)22/h4-12,18H,3H2,1-2H3,(H,20,23). The second-order valence-corrected chi connectivity index (χ2v) is 5.32. The molecular weight excluding hydrogens is 306 g/mol. The van der Waals surface area contributed by atoms with Crippen LogP contribution in [-0.2, 0) is 4.79 Å². The van der Waals surface area contributed by atoms with Crippen LogP contribution in [0.5, 0.6) is 5.75 Å². The van der Waals surface area contributed by atoms with Crippen LogP contribution in [0.3, 0.4) is 0 Å². The van der Waals surface area contributed by atoms with Gasteiger partial charge in [0.05, 0.1) is 0 Å². The SMILES string of the molecule is CCC(Oc1ccc(C=O)cc1)C(=O)Nc1ccc(C(C)=O)cc1. The number of rotatable bonds is 7. The third-order valence-corrected chi connectivity index (χ3v) is 3.52. The summed E-state index contributed by atoms with van der Waals surface area (Å²) in [5.41, 5.74) is 1.74. The predicted molar refractivity (Wildman–Crippen MR) is 91.6 cm³/mol. The lowest BCUT2D eigenvalue weighted by Crippen LogP contribution is -2.32. The van der Waals surface area contributed by atoms with Crippen molar-refractivity contribution < 1.29 is 19.1 Å². The maximum atomic E-state index is 12.3. The third kappa shape index (κ3) is 4.52. The summed E-state index contributed by atoms with van der Waals surface area (Å²) in [6.45, 7) is 3.34. The smallest absolute Gasteiger partial charge is 0.265 e. The molecule has 0 aliphatic heterocycles. The van der Waals surface area contributed by atoms with E-state index in [4.69, 9.17) is 4.74 Å². The Labute approximate surface area is 140 Å². The van der Waals surface area contributed by atoms with Gasteiger partial charge in [0.1, 0.15) is 12.0 Å². The summed E-state index contributed by atoms with van der Waals surface area (Å²) in [7, 11) is 0. The van der Waals surface area contributed by atoms with Crippen molar-refractivity contribution >= 4 is 23.7 Å². The van der Waals surface area contributed by atoms with Gasteiger partial charge >= 0.3 is 0 Å². The third-order valence-electron chi connectivity index (χ3n) is 3.52. The maximum absolute atomic E-state index is 12.3. The zero-order chi connectivity index (χ0) is 17.5. The van der Waals surface area contributed by atoms with Gasteiger partial charge in [-0.3, -0.25) is 14.4 Å². The van der Waals surface area contributed by atoms with Crippen molar-refractivity contribution in [2.75, 3.05) is 5.32 Å². The summed E-state index contributed by atoms with van der Waals surface area (Å²) >= 11 is 0. The maximum Gasteiger partial charge on any atom is 0.265 e. The van der Waals surface area contributed by atoms with E-state index in [1.807, 2.05) is 6.92 Å². The van der Waals surface area contributed by atoms with E-state index in [0.29, 0.717) is 29.0 Å². The Morgan fingerprint density at radius 3 is 2.21 bits per heavy atom. The van der Waals surface area contributed by atoms with Gasteiger partial charge in [-0.25, -0.2) is 0 Å². The van der Waals surface area contributed by atoms with Crippen LogP contribution in [0, 0.1) is 0 Å². The molecule has 124 valence electrons. The number of aldehydes is 1. The lowest BCUT2D eigenvalue weighted by Gasteiger charge is -2.17. The van der Waals surface area contributed by atoms with E-state index in [1.165, 1.54) is 6.92 Å². The van der Waals surface area contributed by atoms with Crippen LogP contribution in [0.4, 0.5) is 5.69 Å². The van der Waals surface area contributed by atoms with Crippen molar-refractivity contribution in [3.63, 3.8) is 0 Å². The molecule has 0 spiro atoms. The zero-order valence-corrected chi connectivity index (χ0v) is 13.6. The number of ketones is 1. The molecule has 5 heteroatoms. The molecule has 2 aromatic rings. The molecule has 0 bridgehead atoms. The Morgan fingerprint density at radius 2 is 1.71 bits per heavy atom. The molecule has 0 aromatic heterocycles. The van der Waals surface area contributed by atoms with Gasteiger partial charge < -0.3 is 10.1 Å². The minimum absolute atomic E-state index is 0.0265. The Morgan fingerprint density at radius 1 is 1.08 bits per heavy atom. The van der Waals surface area contributed by atoms with Gasteiger partial charge in [-0.15, -0.1) is 0 Å². The fourth-order valence-electron chi connectivity index (χ4n) is 2.12. The quantitative estimate of drug-likeness (QED) is 0.624. The van der Waals surface area contributed by atoms with Gasteiger partial charge in [-0.1, -0.05) is 6.92 Å². The zero-order valence-electron chi connectivity index (χ0n) is 13.6. The molecule has 1 atom stereocenters. The molecule has 0 heterocycles. The molecule has 5 nitrogen and oxygen atoms in total. The highest BCUT2D eigenvalue weighted by Crippen LogP contribution is 2.16. The van der Waals surface area contributed by atoms with Gasteiger partial charge in [0, 0.05) is 16.8 Å². The van der Waals surface area contributed by atoms with Crippen LogP contribution in [0.1, 0.15) is 41.0 Å². The van der Waals surface area contributed by atoms with Gasteiger partial charge in [-0.2, -0.15) is 0 Å². The van der Waals surface area contributed by atoms with Crippen molar-refractivity contribution in [2.24, 2.45) is 0 Å². The molecule has 0 aliphatic carbocycles. The summed E-state index contributed by atoms with van der Waals surface area (Å²) in [5, 5.41) is 2.77. The summed E-state index contributed by atoms with van der Waals surface area (Å²) < 4.78 is 5.68. The first-order valence-corrected chi connectivity index (χ1v) is 7.67. The molecule has 0 saturated carbocycles. The summed E-state index contributed by atoms with van der Waals surface area (Å²) in [4.78, 5) is 34.2. The van der Waals surface area contributed by atoms with Crippen molar-refractivity contribution in [3.05, 3.63) is 59.7 Å². The number of Topliss-reactive ketones (excluding diaryl/α,β-unsaturated/α-hetero) is 1. The highest BCUT2D eigenvalue weighted by molar-refractivity contribution is 5.96. The van der Waals surface area contributed by atoms with Crippen LogP contribution in [0.15, 0.2) is 48.5 Å². The molecule has 0 saturated heterocycles. The molecule has 1 unspecified atom stereocenters. The van der Waals surface area contributed by atoms with Crippen LogP contribution in [0.25, 0.3) is 0 Å². The van der Waals surface area contributed by atoms with E-state index in [9.17, 15) is 14.4 Å². The van der Waals surface area contributed by atoms with E-state index < -0.39 is 6.10 Å². The van der Waals surface area contributed by atoms with Crippen molar-refractivity contribution in [1.29, 1.82) is 0 Å². The second kappa shape index (κ2) is 8.06. The molecule has 1 N–H and O–H groups in total. The van der Waals surface area contributed by atoms with Crippen LogP contribution in [-0.4, -0.2) is 24.1 Å². The normalized spacial score (nSPS) is 11.4. The van der Waals surface area contributed by atoms with Gasteiger partial charge in [0.15, 0.2) is 11.9 Å². The molecule has 2 aromatic carbocycles. The lowest BCUT2D eigenvalue weighted by molar-refractivity contribution is -0.122. The van der Waals surface area contributed by atoms with E-state index in [2.05, 4.69) is 5.32 Å². The summed E-state index contributed by atoms with van der Waals surface area (Å²) in [6.07, 6.45) is 0.588. The Hall–Kier alpha value is -2.95. The number of amides is 1. The van der Waals surface area contributed by atoms with Crippen LogP contribution < -0.4 is 10.1 Å². The number of hydrogen-bond donors (Lipinski definition) is 1. The fraction of sp³-hybridized carbons (Fsp3) is 0.211. The second-order valence-electron chi connectivity index (χ2n) is 5.32. The average Bonchev–Trinajstić information content (AvgIpc) is 2.60. The number of anilines is 1. The van der Waals surface area contributed by atoms with Gasteiger partial charge in [0.2, 0.25) is 0 Å². The lowest BCUT2D eigenvalue weighted by atomic mass is 10.1. The molecule has 24 heavy (non-hydrogen) atoms. The number of benzene rings is 2. The molecule has 1 amide bonds. The average molecular weight is 325 g/mol. The monoisotopic (exact) mass is 325 g/mol. The van der Waals surface area contributed by atoms with E-state index in [0.717, 1.165) is 6.29 Å².